The molecule has 100 valence electrons. The molecule has 0 aliphatic heterocycles. The molecule has 0 bridgehead atoms. The molecule has 18 heavy (non-hydrogen) atoms. The first-order chi connectivity index (χ1) is 8.59. The molecule has 0 atom stereocenters. The van der Waals surface area contributed by atoms with Crippen molar-refractivity contribution in [3.63, 3.8) is 0 Å². The second kappa shape index (κ2) is 5.94. The maximum absolute atomic E-state index is 6.35. The van der Waals surface area contributed by atoms with E-state index >= 15 is 0 Å². The Morgan fingerprint density at radius 1 is 1.39 bits per heavy atom. The van der Waals surface area contributed by atoms with E-state index in [0.29, 0.717) is 12.0 Å². The Balaban J connectivity index is 2.10. The first kappa shape index (κ1) is 13.7. The van der Waals surface area contributed by atoms with E-state index in [1.54, 1.807) is 0 Å². The summed E-state index contributed by atoms with van der Waals surface area (Å²) in [5.41, 5.74) is 2.51. The number of hydrogen-bond donors (Lipinski definition) is 1. The van der Waals surface area contributed by atoms with E-state index in [1.165, 1.54) is 24.1 Å². The van der Waals surface area contributed by atoms with Gasteiger partial charge in [0.2, 0.25) is 0 Å². The lowest BCUT2D eigenvalue weighted by Gasteiger charge is -2.23. The Kier molecular flexibility index (Phi) is 4.52. The van der Waals surface area contributed by atoms with Crippen molar-refractivity contribution >= 4 is 17.3 Å². The zero-order valence-corrected chi connectivity index (χ0v) is 12.3. The molecule has 0 radical (unpaired) electrons. The molecule has 1 fully saturated rings. The third kappa shape index (κ3) is 3.39. The van der Waals surface area contributed by atoms with Crippen molar-refractivity contribution in [2.45, 2.75) is 39.3 Å². The van der Waals surface area contributed by atoms with Crippen LogP contribution < -0.4 is 10.2 Å². The normalized spacial score (nSPS) is 15.2. The Morgan fingerprint density at radius 2 is 2.11 bits per heavy atom. The van der Waals surface area contributed by atoms with Crippen LogP contribution in [0, 0.1) is 5.92 Å². The van der Waals surface area contributed by atoms with Gasteiger partial charge in [0.25, 0.3) is 0 Å². The molecule has 0 unspecified atom stereocenters. The van der Waals surface area contributed by atoms with Gasteiger partial charge in [-0.1, -0.05) is 31.5 Å². The molecule has 0 amide bonds. The van der Waals surface area contributed by atoms with Crippen LogP contribution in [0.1, 0.15) is 32.3 Å². The molecule has 1 aliphatic carbocycles. The number of nitrogens with one attached hydrogen (secondary N) is 1. The molecule has 0 heterocycles. The van der Waals surface area contributed by atoms with Crippen LogP contribution in [0.3, 0.4) is 0 Å². The average molecular weight is 267 g/mol. The second-order valence-corrected chi connectivity index (χ2v) is 6.01. The number of benzene rings is 1. The highest BCUT2D eigenvalue weighted by molar-refractivity contribution is 6.31. The lowest BCUT2D eigenvalue weighted by atomic mass is 10.1. The summed E-state index contributed by atoms with van der Waals surface area (Å²) in [7, 11) is 2.18. The van der Waals surface area contributed by atoms with Crippen molar-refractivity contribution < 1.29 is 0 Å². The summed E-state index contributed by atoms with van der Waals surface area (Å²) in [6, 6.07) is 6.92. The van der Waals surface area contributed by atoms with Crippen molar-refractivity contribution in [3.8, 4) is 0 Å². The summed E-state index contributed by atoms with van der Waals surface area (Å²) in [6.45, 7) is 6.32. The molecule has 1 aromatic rings. The molecule has 1 aliphatic rings. The van der Waals surface area contributed by atoms with Crippen molar-refractivity contribution in [2.75, 3.05) is 18.5 Å². The second-order valence-electron chi connectivity index (χ2n) is 5.60. The van der Waals surface area contributed by atoms with E-state index in [-0.39, 0.29) is 0 Å². The van der Waals surface area contributed by atoms with E-state index in [1.807, 2.05) is 12.1 Å². The third-order valence-corrected chi connectivity index (χ3v) is 3.78. The SMILES string of the molecule is CC(C)CNCc1c(Cl)cccc1N(C)C1CC1. The van der Waals surface area contributed by atoms with Crippen molar-refractivity contribution in [1.82, 2.24) is 5.32 Å². The number of halogens is 1. The zero-order valence-electron chi connectivity index (χ0n) is 11.5. The van der Waals surface area contributed by atoms with Crippen LogP contribution in [0.4, 0.5) is 5.69 Å². The third-order valence-electron chi connectivity index (χ3n) is 3.42. The lowest BCUT2D eigenvalue weighted by Crippen LogP contribution is -2.24. The maximum atomic E-state index is 6.35. The summed E-state index contributed by atoms with van der Waals surface area (Å²) >= 11 is 6.35. The van der Waals surface area contributed by atoms with Gasteiger partial charge in [0.15, 0.2) is 0 Å². The van der Waals surface area contributed by atoms with E-state index < -0.39 is 0 Å². The fraction of sp³-hybridized carbons (Fsp3) is 0.600. The molecule has 0 aromatic heterocycles. The molecular formula is C15H23ClN2. The number of rotatable bonds is 6. The van der Waals surface area contributed by atoms with Crippen LogP contribution in [0.15, 0.2) is 18.2 Å². The van der Waals surface area contributed by atoms with E-state index in [4.69, 9.17) is 11.6 Å². The highest BCUT2D eigenvalue weighted by Gasteiger charge is 2.27. The maximum Gasteiger partial charge on any atom is 0.0471 e. The summed E-state index contributed by atoms with van der Waals surface area (Å²) in [5, 5.41) is 4.36. The van der Waals surface area contributed by atoms with Gasteiger partial charge in [0, 0.05) is 35.9 Å². The van der Waals surface area contributed by atoms with Gasteiger partial charge in [-0.05, 0) is 37.4 Å². The fourth-order valence-electron chi connectivity index (χ4n) is 2.20. The molecular weight excluding hydrogens is 244 g/mol. The fourth-order valence-corrected chi connectivity index (χ4v) is 2.43. The molecule has 0 saturated heterocycles. The van der Waals surface area contributed by atoms with Crippen LogP contribution in [0.2, 0.25) is 5.02 Å². The quantitative estimate of drug-likeness (QED) is 0.845. The zero-order chi connectivity index (χ0) is 13.1. The standard InChI is InChI=1S/C15H23ClN2/c1-11(2)9-17-10-13-14(16)5-4-6-15(13)18(3)12-7-8-12/h4-6,11-12,17H,7-10H2,1-3H3. The minimum Gasteiger partial charge on any atom is -0.371 e. The summed E-state index contributed by atoms with van der Waals surface area (Å²) < 4.78 is 0. The van der Waals surface area contributed by atoms with Crippen molar-refractivity contribution in [1.29, 1.82) is 0 Å². The van der Waals surface area contributed by atoms with Gasteiger partial charge in [-0.25, -0.2) is 0 Å². The number of nitrogens with zero attached hydrogens (tertiary/aromatic N) is 1. The topological polar surface area (TPSA) is 15.3 Å². The van der Waals surface area contributed by atoms with E-state index in [9.17, 15) is 0 Å². The predicted octanol–water partition coefficient (Wildman–Crippen LogP) is 3.68. The van der Waals surface area contributed by atoms with Gasteiger partial charge in [0.05, 0.1) is 0 Å². The van der Waals surface area contributed by atoms with Crippen LogP contribution in [0.5, 0.6) is 0 Å². The minimum absolute atomic E-state index is 0.664. The first-order valence-electron chi connectivity index (χ1n) is 6.80. The van der Waals surface area contributed by atoms with Gasteiger partial charge in [-0.2, -0.15) is 0 Å². The highest BCUT2D eigenvalue weighted by Crippen LogP contribution is 2.34. The molecule has 0 spiro atoms. The highest BCUT2D eigenvalue weighted by atomic mass is 35.5. The summed E-state index contributed by atoms with van der Waals surface area (Å²) in [6.07, 6.45) is 2.61. The van der Waals surface area contributed by atoms with Crippen LogP contribution >= 0.6 is 11.6 Å². The van der Waals surface area contributed by atoms with Crippen LogP contribution in [-0.2, 0) is 6.54 Å². The van der Waals surface area contributed by atoms with Gasteiger partial charge in [-0.3, -0.25) is 0 Å². The first-order valence-corrected chi connectivity index (χ1v) is 7.18. The van der Waals surface area contributed by atoms with Crippen molar-refractivity contribution in [2.24, 2.45) is 5.92 Å². The molecule has 1 N–H and O–H groups in total. The van der Waals surface area contributed by atoms with Crippen molar-refractivity contribution in [3.05, 3.63) is 28.8 Å². The Morgan fingerprint density at radius 3 is 2.72 bits per heavy atom. The van der Waals surface area contributed by atoms with Gasteiger partial charge >= 0.3 is 0 Å². The smallest absolute Gasteiger partial charge is 0.0471 e. The predicted molar refractivity (Wildman–Crippen MR) is 79.4 cm³/mol. The largest absolute Gasteiger partial charge is 0.371 e. The Bertz CT molecular complexity index is 399. The average Bonchev–Trinajstić information content (AvgIpc) is 3.13. The van der Waals surface area contributed by atoms with Crippen LogP contribution in [-0.4, -0.2) is 19.6 Å². The summed E-state index contributed by atoms with van der Waals surface area (Å²) in [5.74, 6) is 0.664. The lowest BCUT2D eigenvalue weighted by molar-refractivity contribution is 0.552. The van der Waals surface area contributed by atoms with E-state index in [2.05, 4.69) is 37.2 Å². The molecule has 2 rings (SSSR count). The van der Waals surface area contributed by atoms with Gasteiger partial charge in [0.1, 0.15) is 0 Å². The monoisotopic (exact) mass is 266 g/mol. The molecule has 1 aromatic carbocycles. The Labute approximate surface area is 115 Å². The van der Waals surface area contributed by atoms with E-state index in [0.717, 1.165) is 18.1 Å². The Hall–Kier alpha value is -0.730. The van der Waals surface area contributed by atoms with Gasteiger partial charge < -0.3 is 10.2 Å². The molecule has 1 saturated carbocycles. The number of anilines is 1. The summed E-state index contributed by atoms with van der Waals surface area (Å²) in [4.78, 5) is 2.37. The number of hydrogen-bond acceptors (Lipinski definition) is 2. The van der Waals surface area contributed by atoms with Crippen LogP contribution in [0.25, 0.3) is 0 Å². The van der Waals surface area contributed by atoms with Gasteiger partial charge in [-0.15, -0.1) is 0 Å². The minimum atomic E-state index is 0.664. The molecule has 2 nitrogen and oxygen atoms in total. The molecule has 3 heteroatoms.